The molecule has 3 rings (SSSR count). The normalized spacial score (nSPS) is 11.2. The molecule has 0 saturated heterocycles. The number of nitro groups is 1. The Morgan fingerprint density at radius 3 is 2.47 bits per heavy atom. The second kappa shape index (κ2) is 10.6. The first kappa shape index (κ1) is 24.4. The maximum Gasteiger partial charge on any atom is 0.339 e. The third-order valence-corrected chi connectivity index (χ3v) is 5.75. The molecule has 10 nitrogen and oxygen atoms in total. The molecular weight excluding hydrogens is 462 g/mol. The fourth-order valence-corrected chi connectivity index (χ4v) is 3.80. The van der Waals surface area contributed by atoms with Crippen molar-refractivity contribution in [3.8, 4) is 11.5 Å². The molecule has 0 unspecified atom stereocenters. The molecule has 0 aliphatic heterocycles. The van der Waals surface area contributed by atoms with Gasteiger partial charge in [0.25, 0.3) is 11.6 Å². The Labute approximate surface area is 196 Å². The number of hydrazone groups is 1. The monoisotopic (exact) mass is 483 g/mol. The number of nitrogens with one attached hydrogen (secondary N) is 1. The molecule has 0 atom stereocenters. The molecule has 0 aliphatic carbocycles. The minimum atomic E-state index is -4.08. The van der Waals surface area contributed by atoms with Crippen LogP contribution in [0.3, 0.4) is 0 Å². The van der Waals surface area contributed by atoms with E-state index < -0.39 is 20.9 Å². The lowest BCUT2D eigenvalue weighted by atomic mass is 10.2. The highest BCUT2D eigenvalue weighted by molar-refractivity contribution is 7.87. The van der Waals surface area contributed by atoms with Gasteiger partial charge in [-0.1, -0.05) is 29.8 Å². The number of rotatable bonds is 9. The van der Waals surface area contributed by atoms with Crippen molar-refractivity contribution >= 4 is 27.9 Å². The predicted octanol–water partition coefficient (Wildman–Crippen LogP) is 3.83. The van der Waals surface area contributed by atoms with Crippen LogP contribution in [0, 0.1) is 17.0 Å². The van der Waals surface area contributed by atoms with Crippen LogP contribution in [-0.4, -0.2) is 32.1 Å². The third kappa shape index (κ3) is 5.95. The zero-order valence-electron chi connectivity index (χ0n) is 18.3. The zero-order valence-corrected chi connectivity index (χ0v) is 19.1. The number of amides is 1. The first-order chi connectivity index (χ1) is 16.2. The number of benzene rings is 3. The van der Waals surface area contributed by atoms with Gasteiger partial charge in [-0.25, -0.2) is 5.43 Å². The lowest BCUT2D eigenvalue weighted by Crippen LogP contribution is -2.19. The SMILES string of the molecule is CCOc1cc(/C=N\NC(=O)c2ccccc2[N+](=O)[O-])ccc1OS(=O)(=O)c1ccc(C)cc1. The predicted molar refractivity (Wildman–Crippen MR) is 125 cm³/mol. The molecule has 0 fully saturated rings. The van der Waals surface area contributed by atoms with Gasteiger partial charge in [-0.05, 0) is 55.8 Å². The van der Waals surface area contributed by atoms with Crippen LogP contribution in [0.15, 0.2) is 76.7 Å². The molecular formula is C23H21N3O7S. The van der Waals surface area contributed by atoms with Crippen LogP contribution in [0.5, 0.6) is 11.5 Å². The van der Waals surface area contributed by atoms with Crippen molar-refractivity contribution in [2.24, 2.45) is 5.10 Å². The van der Waals surface area contributed by atoms with Gasteiger partial charge in [-0.3, -0.25) is 14.9 Å². The summed E-state index contributed by atoms with van der Waals surface area (Å²) in [4.78, 5) is 22.7. The minimum Gasteiger partial charge on any atom is -0.490 e. The van der Waals surface area contributed by atoms with Crippen molar-refractivity contribution < 1.29 is 27.1 Å². The Morgan fingerprint density at radius 2 is 1.79 bits per heavy atom. The van der Waals surface area contributed by atoms with Gasteiger partial charge in [0.1, 0.15) is 10.5 Å². The van der Waals surface area contributed by atoms with Gasteiger partial charge in [0.2, 0.25) is 0 Å². The number of carbonyl (C=O) groups is 1. The summed E-state index contributed by atoms with van der Waals surface area (Å²) < 4.78 is 36.0. The summed E-state index contributed by atoms with van der Waals surface area (Å²) in [6.07, 6.45) is 1.29. The molecule has 0 spiro atoms. The topological polar surface area (TPSA) is 137 Å². The highest BCUT2D eigenvalue weighted by atomic mass is 32.2. The number of carbonyl (C=O) groups excluding carboxylic acids is 1. The van der Waals surface area contributed by atoms with Crippen molar-refractivity contribution in [1.29, 1.82) is 0 Å². The Bertz CT molecular complexity index is 1340. The Balaban J connectivity index is 1.77. The van der Waals surface area contributed by atoms with Crippen molar-refractivity contribution in [3.05, 3.63) is 93.5 Å². The smallest absolute Gasteiger partial charge is 0.339 e. The molecule has 0 aliphatic rings. The second-order valence-corrected chi connectivity index (χ2v) is 8.51. The van der Waals surface area contributed by atoms with E-state index >= 15 is 0 Å². The van der Waals surface area contributed by atoms with E-state index in [1.807, 2.05) is 6.92 Å². The molecule has 176 valence electrons. The second-order valence-electron chi connectivity index (χ2n) is 6.96. The van der Waals surface area contributed by atoms with Gasteiger partial charge >= 0.3 is 10.1 Å². The summed E-state index contributed by atoms with van der Waals surface area (Å²) in [5.74, 6) is -0.603. The fraction of sp³-hybridized carbons (Fsp3) is 0.130. The van der Waals surface area contributed by atoms with Gasteiger partial charge in [0.15, 0.2) is 11.5 Å². The number of hydrogen-bond donors (Lipinski definition) is 1. The fourth-order valence-electron chi connectivity index (χ4n) is 2.86. The summed E-state index contributed by atoms with van der Waals surface area (Å²) in [6.45, 7) is 3.82. The largest absolute Gasteiger partial charge is 0.490 e. The molecule has 0 saturated carbocycles. The molecule has 0 bridgehead atoms. The number of para-hydroxylation sites is 1. The minimum absolute atomic E-state index is 0.00362. The van der Waals surface area contributed by atoms with Crippen LogP contribution in [0.2, 0.25) is 0 Å². The van der Waals surface area contributed by atoms with Gasteiger partial charge in [0, 0.05) is 6.07 Å². The van der Waals surface area contributed by atoms with Crippen LogP contribution < -0.4 is 14.3 Å². The summed E-state index contributed by atoms with van der Waals surface area (Å²) >= 11 is 0. The van der Waals surface area contributed by atoms with Crippen LogP contribution >= 0.6 is 0 Å². The zero-order chi connectivity index (χ0) is 24.7. The number of hydrogen-bond acceptors (Lipinski definition) is 8. The number of nitro benzene ring substituents is 1. The van der Waals surface area contributed by atoms with Crippen LogP contribution in [0.1, 0.15) is 28.4 Å². The standard InChI is InChI=1S/C23H21N3O7S/c1-3-32-22-14-17(15-24-25-23(27)19-6-4-5-7-20(19)26(28)29)10-13-21(22)33-34(30,31)18-11-8-16(2)9-12-18/h4-15H,3H2,1-2H3,(H,25,27)/b24-15-. The quantitative estimate of drug-likeness (QED) is 0.211. The first-order valence-electron chi connectivity index (χ1n) is 10.1. The van der Waals surface area contributed by atoms with E-state index in [0.717, 1.165) is 5.56 Å². The lowest BCUT2D eigenvalue weighted by Gasteiger charge is -2.12. The Kier molecular flexibility index (Phi) is 7.59. The molecule has 3 aromatic carbocycles. The van der Waals surface area contributed by atoms with E-state index in [1.165, 1.54) is 60.8 Å². The summed E-state index contributed by atoms with van der Waals surface area (Å²) in [7, 11) is -4.08. The molecule has 34 heavy (non-hydrogen) atoms. The van der Waals surface area contributed by atoms with Crippen LogP contribution in [0.4, 0.5) is 5.69 Å². The average molecular weight is 484 g/mol. The van der Waals surface area contributed by atoms with E-state index in [2.05, 4.69) is 10.5 Å². The van der Waals surface area contributed by atoms with Gasteiger partial charge in [0.05, 0.1) is 17.7 Å². The summed E-state index contributed by atoms with van der Waals surface area (Å²) in [5, 5.41) is 14.9. The van der Waals surface area contributed by atoms with Crippen LogP contribution in [-0.2, 0) is 10.1 Å². The molecule has 1 N–H and O–H groups in total. The van der Waals surface area contributed by atoms with Crippen LogP contribution in [0.25, 0.3) is 0 Å². The van der Waals surface area contributed by atoms with E-state index in [9.17, 15) is 23.3 Å². The van der Waals surface area contributed by atoms with Gasteiger partial charge < -0.3 is 8.92 Å². The van der Waals surface area contributed by atoms with E-state index in [-0.39, 0.29) is 34.3 Å². The van der Waals surface area contributed by atoms with Crippen molar-refractivity contribution in [3.63, 3.8) is 0 Å². The van der Waals surface area contributed by atoms with E-state index in [4.69, 9.17) is 8.92 Å². The molecule has 3 aromatic rings. The maximum absolute atomic E-state index is 12.6. The highest BCUT2D eigenvalue weighted by Crippen LogP contribution is 2.31. The van der Waals surface area contributed by atoms with Crippen molar-refractivity contribution in [1.82, 2.24) is 5.43 Å². The molecule has 0 heterocycles. The number of aryl methyl sites for hydroxylation is 1. The van der Waals surface area contributed by atoms with Gasteiger partial charge in [-0.2, -0.15) is 13.5 Å². The Morgan fingerprint density at radius 1 is 1.09 bits per heavy atom. The molecule has 11 heteroatoms. The third-order valence-electron chi connectivity index (χ3n) is 4.50. The first-order valence-corrected chi connectivity index (χ1v) is 11.5. The average Bonchev–Trinajstić information content (AvgIpc) is 2.81. The van der Waals surface area contributed by atoms with Crippen molar-refractivity contribution in [2.45, 2.75) is 18.7 Å². The highest BCUT2D eigenvalue weighted by Gasteiger charge is 2.20. The Hall–Kier alpha value is -4.25. The molecule has 0 aromatic heterocycles. The lowest BCUT2D eigenvalue weighted by molar-refractivity contribution is -0.385. The summed E-state index contributed by atoms with van der Waals surface area (Å²) in [5.41, 5.74) is 3.13. The number of ether oxygens (including phenoxy) is 1. The van der Waals surface area contributed by atoms with Gasteiger partial charge in [-0.15, -0.1) is 0 Å². The summed E-state index contributed by atoms with van der Waals surface area (Å²) in [6, 6.07) is 16.1. The maximum atomic E-state index is 12.6. The van der Waals surface area contributed by atoms with Crippen molar-refractivity contribution in [2.75, 3.05) is 6.61 Å². The molecule has 1 amide bonds. The van der Waals surface area contributed by atoms with E-state index in [0.29, 0.717) is 5.56 Å². The number of nitrogens with zero attached hydrogens (tertiary/aromatic N) is 2. The molecule has 0 radical (unpaired) electrons. The van der Waals surface area contributed by atoms with E-state index in [1.54, 1.807) is 19.1 Å².